The molecule has 0 radical (unpaired) electrons. The van der Waals surface area contributed by atoms with Crippen molar-refractivity contribution in [2.24, 2.45) is 5.92 Å². The minimum Gasteiger partial charge on any atom is -0.505 e. The van der Waals surface area contributed by atoms with Gasteiger partial charge in [-0.1, -0.05) is 6.92 Å². The van der Waals surface area contributed by atoms with Gasteiger partial charge in [0.1, 0.15) is 17.1 Å². The predicted molar refractivity (Wildman–Crippen MR) is 133 cm³/mol. The summed E-state index contributed by atoms with van der Waals surface area (Å²) in [6.45, 7) is 3.83. The SMILES string of the molecule is CCc1cc(O)c(F)cc1-c1cc(F)c2c(-c3nc4c([nH]3)CN(C(=O)C35C[C@H]3CCN5)CC4)n[nH]c2c1. The molecule has 0 bridgehead atoms. The number of aromatic nitrogens is 4. The fourth-order valence-electron chi connectivity index (χ4n) is 6.16. The summed E-state index contributed by atoms with van der Waals surface area (Å²) in [6.07, 6.45) is 3.15. The third kappa shape index (κ3) is 3.31. The highest BCUT2D eigenvalue weighted by molar-refractivity contribution is 5.95. The van der Waals surface area contributed by atoms with Crippen molar-refractivity contribution < 1.29 is 18.7 Å². The van der Waals surface area contributed by atoms with Crippen molar-refractivity contribution in [2.75, 3.05) is 13.1 Å². The summed E-state index contributed by atoms with van der Waals surface area (Å²) in [7, 11) is 0. The summed E-state index contributed by atoms with van der Waals surface area (Å²) in [5, 5.41) is 20.7. The zero-order valence-corrected chi connectivity index (χ0v) is 20.3. The molecule has 1 unspecified atom stereocenters. The number of aromatic amines is 2. The zero-order chi connectivity index (χ0) is 25.5. The minimum atomic E-state index is -0.757. The van der Waals surface area contributed by atoms with E-state index in [-0.39, 0.29) is 16.8 Å². The molecule has 1 amide bonds. The number of carbonyl (C=O) groups excluding carboxylic acids is 1. The lowest BCUT2D eigenvalue weighted by molar-refractivity contribution is -0.135. The Morgan fingerprint density at radius 3 is 2.86 bits per heavy atom. The zero-order valence-electron chi connectivity index (χ0n) is 20.3. The van der Waals surface area contributed by atoms with Gasteiger partial charge in [-0.15, -0.1) is 0 Å². The first-order valence-electron chi connectivity index (χ1n) is 12.7. The van der Waals surface area contributed by atoms with Crippen molar-refractivity contribution in [3.05, 3.63) is 52.9 Å². The second kappa shape index (κ2) is 7.85. The van der Waals surface area contributed by atoms with E-state index in [2.05, 4.69) is 20.5 Å². The lowest BCUT2D eigenvalue weighted by atomic mass is 9.96. The topological polar surface area (TPSA) is 110 Å². The molecule has 7 rings (SSSR count). The largest absolute Gasteiger partial charge is 0.505 e. The first kappa shape index (κ1) is 22.4. The van der Waals surface area contributed by atoms with E-state index in [1.165, 1.54) is 18.2 Å². The van der Waals surface area contributed by atoms with Gasteiger partial charge in [-0.25, -0.2) is 13.8 Å². The van der Waals surface area contributed by atoms with Crippen LogP contribution in [0, 0.1) is 17.6 Å². The summed E-state index contributed by atoms with van der Waals surface area (Å²) in [5.74, 6) is -0.629. The normalized spacial score (nSPS) is 22.4. The Labute approximate surface area is 211 Å². The number of phenols is 1. The summed E-state index contributed by atoms with van der Waals surface area (Å²) in [4.78, 5) is 23.1. The number of phenolic OH excluding ortho intramolecular Hbond substituents is 1. The predicted octanol–water partition coefficient (Wildman–Crippen LogP) is 3.80. The summed E-state index contributed by atoms with van der Waals surface area (Å²) >= 11 is 0. The summed E-state index contributed by atoms with van der Waals surface area (Å²) < 4.78 is 29.6. The molecule has 2 aliphatic heterocycles. The molecule has 8 nitrogen and oxygen atoms in total. The second-order valence-electron chi connectivity index (χ2n) is 10.3. The molecule has 4 N–H and O–H groups in total. The molecule has 4 aromatic rings. The van der Waals surface area contributed by atoms with Crippen LogP contribution < -0.4 is 5.32 Å². The summed E-state index contributed by atoms with van der Waals surface area (Å²) in [5.41, 5.74) is 3.88. The van der Waals surface area contributed by atoms with Gasteiger partial charge in [0.15, 0.2) is 17.4 Å². The van der Waals surface area contributed by atoms with Crippen LogP contribution in [-0.4, -0.2) is 54.7 Å². The number of fused-ring (bicyclic) bond motifs is 3. The number of amides is 1. The molecule has 37 heavy (non-hydrogen) atoms. The lowest BCUT2D eigenvalue weighted by Gasteiger charge is -2.29. The number of halogens is 2. The van der Waals surface area contributed by atoms with E-state index in [9.17, 15) is 14.3 Å². The number of aromatic hydroxyl groups is 1. The number of aryl methyl sites for hydroxylation is 1. The van der Waals surface area contributed by atoms with Crippen molar-refractivity contribution in [3.63, 3.8) is 0 Å². The molecule has 2 aromatic heterocycles. The number of hydrogen-bond acceptors (Lipinski definition) is 5. The third-order valence-corrected chi connectivity index (χ3v) is 8.24. The maximum absolute atomic E-state index is 15.5. The van der Waals surface area contributed by atoms with Crippen LogP contribution >= 0.6 is 0 Å². The average Bonchev–Trinajstić information content (AvgIpc) is 3.26. The molecule has 1 saturated carbocycles. The van der Waals surface area contributed by atoms with E-state index >= 15 is 4.39 Å². The van der Waals surface area contributed by atoms with E-state index < -0.39 is 17.4 Å². The molecule has 2 fully saturated rings. The Bertz CT molecular complexity index is 1590. The second-order valence-corrected chi connectivity index (χ2v) is 10.3. The Morgan fingerprint density at radius 1 is 1.24 bits per heavy atom. The highest BCUT2D eigenvalue weighted by Crippen LogP contribution is 2.51. The van der Waals surface area contributed by atoms with Gasteiger partial charge < -0.3 is 20.3 Å². The monoisotopic (exact) mass is 504 g/mol. The molecule has 190 valence electrons. The molecule has 3 aliphatic rings. The van der Waals surface area contributed by atoms with Crippen LogP contribution in [0.15, 0.2) is 24.3 Å². The highest BCUT2D eigenvalue weighted by atomic mass is 19.1. The number of piperidine rings is 1. The van der Waals surface area contributed by atoms with Crippen molar-refractivity contribution in [2.45, 2.75) is 44.7 Å². The van der Waals surface area contributed by atoms with Crippen molar-refractivity contribution in [1.82, 2.24) is 30.4 Å². The first-order valence-corrected chi connectivity index (χ1v) is 12.7. The van der Waals surface area contributed by atoms with Crippen molar-refractivity contribution >= 4 is 16.8 Å². The third-order valence-electron chi connectivity index (χ3n) is 8.24. The van der Waals surface area contributed by atoms with E-state index in [0.29, 0.717) is 65.6 Å². The molecular formula is C27H26F2N6O2. The van der Waals surface area contributed by atoms with Gasteiger partial charge in [-0.05, 0) is 72.7 Å². The molecule has 1 saturated heterocycles. The Morgan fingerprint density at radius 2 is 2.11 bits per heavy atom. The number of rotatable bonds is 4. The van der Waals surface area contributed by atoms with E-state index in [0.717, 1.165) is 30.8 Å². The number of hydrogen-bond donors (Lipinski definition) is 4. The number of nitrogens with zero attached hydrogens (tertiary/aromatic N) is 3. The van der Waals surface area contributed by atoms with Crippen LogP contribution in [0.1, 0.15) is 36.7 Å². The van der Waals surface area contributed by atoms with E-state index in [4.69, 9.17) is 4.98 Å². The first-order chi connectivity index (χ1) is 17.9. The quantitative estimate of drug-likeness (QED) is 0.338. The highest BCUT2D eigenvalue weighted by Gasteiger charge is 2.63. The van der Waals surface area contributed by atoms with Crippen LogP contribution in [0.2, 0.25) is 0 Å². The minimum absolute atomic E-state index is 0.165. The Balaban J connectivity index is 1.21. The van der Waals surface area contributed by atoms with Crippen LogP contribution in [0.25, 0.3) is 33.5 Å². The van der Waals surface area contributed by atoms with Crippen molar-refractivity contribution in [3.8, 4) is 28.4 Å². The van der Waals surface area contributed by atoms with Crippen LogP contribution in [-0.2, 0) is 24.2 Å². The maximum atomic E-state index is 15.5. The van der Waals surface area contributed by atoms with Gasteiger partial charge in [0.25, 0.3) is 0 Å². The van der Waals surface area contributed by atoms with Gasteiger partial charge in [-0.2, -0.15) is 5.10 Å². The molecular weight excluding hydrogens is 478 g/mol. The lowest BCUT2D eigenvalue weighted by Crippen LogP contribution is -2.49. The Kier molecular flexibility index (Phi) is 4.76. The number of carbonyl (C=O) groups is 1. The molecule has 1 aliphatic carbocycles. The smallest absolute Gasteiger partial charge is 0.243 e. The number of benzene rings is 2. The number of imidazole rings is 1. The van der Waals surface area contributed by atoms with Gasteiger partial charge in [0.2, 0.25) is 5.91 Å². The van der Waals surface area contributed by atoms with Crippen LogP contribution in [0.3, 0.4) is 0 Å². The fourth-order valence-corrected chi connectivity index (χ4v) is 6.16. The number of nitrogens with one attached hydrogen (secondary N) is 3. The number of H-pyrrole nitrogens is 2. The fraction of sp³-hybridized carbons (Fsp3) is 0.370. The molecule has 4 heterocycles. The van der Waals surface area contributed by atoms with E-state index in [1.807, 2.05) is 11.8 Å². The van der Waals surface area contributed by atoms with Gasteiger partial charge >= 0.3 is 0 Å². The maximum Gasteiger partial charge on any atom is 0.243 e. The molecule has 10 heteroatoms. The molecule has 0 spiro atoms. The summed E-state index contributed by atoms with van der Waals surface area (Å²) in [6, 6.07) is 5.68. The van der Waals surface area contributed by atoms with Crippen LogP contribution in [0.5, 0.6) is 5.75 Å². The standard InChI is InChI=1S/C27H26F2N6O2/c1-2-13-9-22(36)17(28)10-16(13)14-7-18(29)23-20(8-14)33-34-24(23)25-31-19-4-6-35(12-21(19)32-25)26(37)27-11-15(27)3-5-30-27/h7-10,15,30,36H,2-6,11-12H2,1H3,(H,31,32)(H,33,34)/t15-,27?/m1/s1. The van der Waals surface area contributed by atoms with Gasteiger partial charge in [0, 0.05) is 13.0 Å². The van der Waals surface area contributed by atoms with Gasteiger partial charge in [0.05, 0.1) is 28.8 Å². The van der Waals surface area contributed by atoms with E-state index in [1.54, 1.807) is 6.07 Å². The molecule has 2 atom stereocenters. The van der Waals surface area contributed by atoms with Crippen molar-refractivity contribution in [1.29, 1.82) is 0 Å². The van der Waals surface area contributed by atoms with Crippen LogP contribution in [0.4, 0.5) is 8.78 Å². The average molecular weight is 505 g/mol. The molecule has 2 aromatic carbocycles. The Hall–Kier alpha value is -3.79. The van der Waals surface area contributed by atoms with Gasteiger partial charge in [-0.3, -0.25) is 9.89 Å².